The van der Waals surface area contributed by atoms with E-state index in [4.69, 9.17) is 22.3 Å². The van der Waals surface area contributed by atoms with Crippen molar-refractivity contribution in [2.45, 2.75) is 11.8 Å². The maximum atomic E-state index is 13.2. The van der Waals surface area contributed by atoms with Crippen molar-refractivity contribution in [3.8, 4) is 0 Å². The molecule has 0 N–H and O–H groups in total. The highest BCUT2D eigenvalue weighted by molar-refractivity contribution is 8.13. The lowest BCUT2D eigenvalue weighted by Crippen LogP contribution is -1.97. The van der Waals surface area contributed by atoms with Gasteiger partial charge in [0, 0.05) is 15.7 Å². The van der Waals surface area contributed by atoms with Crippen LogP contribution in [0.15, 0.2) is 17.0 Å². The Balaban J connectivity index is 3.56. The van der Waals surface area contributed by atoms with Gasteiger partial charge in [0.25, 0.3) is 9.05 Å². The lowest BCUT2D eigenvalue weighted by Gasteiger charge is -2.02. The molecule has 0 aliphatic carbocycles. The minimum Gasteiger partial charge on any atom is -0.207 e. The lowest BCUT2D eigenvalue weighted by molar-refractivity contribution is 0.570. The SMILES string of the molecule is Cc1cc(Cl)cc(S(=O)(=O)Cl)c1F. The van der Waals surface area contributed by atoms with Crippen molar-refractivity contribution in [3.63, 3.8) is 0 Å². The Hall–Kier alpha value is -0.320. The minimum absolute atomic E-state index is 0.137. The summed E-state index contributed by atoms with van der Waals surface area (Å²) in [5, 5.41) is 0.137. The molecule has 13 heavy (non-hydrogen) atoms. The number of aryl methyl sites for hydroxylation is 1. The standard InChI is InChI=1S/C7H5Cl2FO2S/c1-4-2-5(8)3-6(7(4)10)13(9,11)12/h2-3H,1H3. The van der Waals surface area contributed by atoms with E-state index < -0.39 is 19.8 Å². The zero-order valence-corrected chi connectivity index (χ0v) is 8.84. The summed E-state index contributed by atoms with van der Waals surface area (Å²) < 4.78 is 34.8. The predicted molar refractivity (Wildman–Crippen MR) is 49.2 cm³/mol. The average Bonchev–Trinajstić information content (AvgIpc) is 1.94. The van der Waals surface area contributed by atoms with Crippen LogP contribution in [0.25, 0.3) is 0 Å². The van der Waals surface area contributed by atoms with Crippen molar-refractivity contribution in [2.75, 3.05) is 0 Å². The molecule has 1 rings (SSSR count). The molecule has 0 radical (unpaired) electrons. The molecule has 72 valence electrons. The second kappa shape index (κ2) is 3.44. The smallest absolute Gasteiger partial charge is 0.207 e. The van der Waals surface area contributed by atoms with E-state index in [9.17, 15) is 12.8 Å². The summed E-state index contributed by atoms with van der Waals surface area (Å²) in [4.78, 5) is -0.584. The summed E-state index contributed by atoms with van der Waals surface area (Å²) in [5.41, 5.74) is 0.145. The number of halogens is 3. The second-order valence-electron chi connectivity index (χ2n) is 2.47. The summed E-state index contributed by atoms with van der Waals surface area (Å²) in [7, 11) is 0.916. The Labute approximate surface area is 84.7 Å². The highest BCUT2D eigenvalue weighted by Crippen LogP contribution is 2.25. The first-order valence-corrected chi connectivity index (χ1v) is 5.91. The number of benzene rings is 1. The second-order valence-corrected chi connectivity index (χ2v) is 5.44. The van der Waals surface area contributed by atoms with Crippen molar-refractivity contribution >= 4 is 31.3 Å². The Kier molecular flexibility index (Phi) is 2.85. The lowest BCUT2D eigenvalue weighted by atomic mass is 10.2. The molecule has 0 spiro atoms. The summed E-state index contributed by atoms with van der Waals surface area (Å²) in [6, 6.07) is 2.30. The van der Waals surface area contributed by atoms with Crippen LogP contribution in [-0.4, -0.2) is 8.42 Å². The molecule has 1 aromatic rings. The molecule has 0 unspecified atom stereocenters. The molecule has 0 aliphatic heterocycles. The monoisotopic (exact) mass is 242 g/mol. The van der Waals surface area contributed by atoms with Crippen molar-refractivity contribution in [1.82, 2.24) is 0 Å². The third-order valence-corrected chi connectivity index (χ3v) is 2.99. The van der Waals surface area contributed by atoms with Crippen LogP contribution in [0.1, 0.15) is 5.56 Å². The maximum absolute atomic E-state index is 13.2. The van der Waals surface area contributed by atoms with E-state index in [2.05, 4.69) is 0 Å². The van der Waals surface area contributed by atoms with Gasteiger partial charge in [-0.3, -0.25) is 0 Å². The van der Waals surface area contributed by atoms with Crippen LogP contribution in [-0.2, 0) is 9.05 Å². The third kappa shape index (κ3) is 2.33. The Morgan fingerprint density at radius 2 is 1.92 bits per heavy atom. The van der Waals surface area contributed by atoms with Crippen LogP contribution < -0.4 is 0 Å². The highest BCUT2D eigenvalue weighted by atomic mass is 35.7. The van der Waals surface area contributed by atoms with Gasteiger partial charge in [-0.25, -0.2) is 12.8 Å². The molecule has 0 amide bonds. The molecular formula is C7H5Cl2FO2S. The molecule has 0 fully saturated rings. The number of rotatable bonds is 1. The Morgan fingerprint density at radius 3 is 2.38 bits per heavy atom. The fourth-order valence-electron chi connectivity index (χ4n) is 0.872. The van der Waals surface area contributed by atoms with Crippen LogP contribution in [0.3, 0.4) is 0 Å². The zero-order valence-electron chi connectivity index (χ0n) is 6.51. The normalized spacial score (nSPS) is 11.7. The fourth-order valence-corrected chi connectivity index (χ4v) is 2.19. The van der Waals surface area contributed by atoms with Gasteiger partial charge >= 0.3 is 0 Å². The Morgan fingerprint density at radius 1 is 1.38 bits per heavy atom. The van der Waals surface area contributed by atoms with Gasteiger partial charge in [0.2, 0.25) is 0 Å². The minimum atomic E-state index is -4.07. The zero-order chi connectivity index (χ0) is 10.2. The van der Waals surface area contributed by atoms with E-state index >= 15 is 0 Å². The van der Waals surface area contributed by atoms with E-state index in [1.54, 1.807) is 0 Å². The number of hydrogen-bond donors (Lipinski definition) is 0. The largest absolute Gasteiger partial charge is 0.264 e. The van der Waals surface area contributed by atoms with Gasteiger partial charge in [-0.15, -0.1) is 0 Å². The molecule has 0 heterocycles. The van der Waals surface area contributed by atoms with Gasteiger partial charge in [0.05, 0.1) is 0 Å². The first kappa shape index (κ1) is 10.8. The van der Waals surface area contributed by atoms with Gasteiger partial charge in [-0.05, 0) is 24.6 Å². The fraction of sp³-hybridized carbons (Fsp3) is 0.143. The maximum Gasteiger partial charge on any atom is 0.264 e. The molecule has 0 saturated carbocycles. The number of hydrogen-bond acceptors (Lipinski definition) is 2. The topological polar surface area (TPSA) is 34.1 Å². The van der Waals surface area contributed by atoms with E-state index in [1.165, 1.54) is 13.0 Å². The van der Waals surface area contributed by atoms with E-state index in [0.717, 1.165) is 6.07 Å². The van der Waals surface area contributed by atoms with E-state index in [-0.39, 0.29) is 10.6 Å². The van der Waals surface area contributed by atoms with Crippen LogP contribution in [0.5, 0.6) is 0 Å². The molecule has 0 bridgehead atoms. The van der Waals surface area contributed by atoms with Crippen molar-refractivity contribution < 1.29 is 12.8 Å². The van der Waals surface area contributed by atoms with E-state index in [0.29, 0.717) is 0 Å². The van der Waals surface area contributed by atoms with Crippen molar-refractivity contribution in [1.29, 1.82) is 0 Å². The molecule has 0 aromatic heterocycles. The molecular weight excluding hydrogens is 238 g/mol. The molecule has 6 heteroatoms. The molecule has 0 atom stereocenters. The molecule has 0 aliphatic rings. The quantitative estimate of drug-likeness (QED) is 0.710. The van der Waals surface area contributed by atoms with Gasteiger partial charge < -0.3 is 0 Å². The summed E-state index contributed by atoms with van der Waals surface area (Å²) >= 11 is 5.54. The summed E-state index contributed by atoms with van der Waals surface area (Å²) in [6.45, 7) is 1.41. The molecule has 2 nitrogen and oxygen atoms in total. The van der Waals surface area contributed by atoms with Crippen LogP contribution in [0, 0.1) is 12.7 Å². The van der Waals surface area contributed by atoms with Crippen LogP contribution in [0.2, 0.25) is 5.02 Å². The Bertz CT molecular complexity index is 442. The van der Waals surface area contributed by atoms with Crippen LogP contribution >= 0.6 is 22.3 Å². The van der Waals surface area contributed by atoms with Gasteiger partial charge in [-0.2, -0.15) is 0 Å². The highest BCUT2D eigenvalue weighted by Gasteiger charge is 2.18. The molecule has 0 saturated heterocycles. The first-order chi connectivity index (χ1) is 5.82. The summed E-state index contributed by atoms with van der Waals surface area (Å²) in [5.74, 6) is -0.862. The van der Waals surface area contributed by atoms with E-state index in [1.807, 2.05) is 0 Å². The van der Waals surface area contributed by atoms with Crippen molar-refractivity contribution in [2.24, 2.45) is 0 Å². The van der Waals surface area contributed by atoms with Gasteiger partial charge in [0.15, 0.2) is 0 Å². The van der Waals surface area contributed by atoms with Crippen LogP contribution in [0.4, 0.5) is 4.39 Å². The average molecular weight is 243 g/mol. The first-order valence-electron chi connectivity index (χ1n) is 3.22. The van der Waals surface area contributed by atoms with Gasteiger partial charge in [0.1, 0.15) is 10.7 Å². The molecule has 1 aromatic carbocycles. The van der Waals surface area contributed by atoms with Crippen molar-refractivity contribution in [3.05, 3.63) is 28.5 Å². The summed E-state index contributed by atoms with van der Waals surface area (Å²) in [6.07, 6.45) is 0. The van der Waals surface area contributed by atoms with Gasteiger partial charge in [-0.1, -0.05) is 11.6 Å². The third-order valence-electron chi connectivity index (χ3n) is 1.45. The predicted octanol–water partition coefficient (Wildman–Crippen LogP) is 2.72.